The van der Waals surface area contributed by atoms with E-state index >= 15 is 0 Å². The molecule has 0 spiro atoms. The van der Waals surface area contributed by atoms with Crippen LogP contribution >= 0.6 is 0 Å². The summed E-state index contributed by atoms with van der Waals surface area (Å²) in [5, 5.41) is 13.6. The Bertz CT molecular complexity index is 1080. The van der Waals surface area contributed by atoms with Gasteiger partial charge in [-0.3, -0.25) is 19.1 Å². The number of anilines is 1. The van der Waals surface area contributed by atoms with Crippen molar-refractivity contribution >= 4 is 22.4 Å². The van der Waals surface area contributed by atoms with Crippen molar-refractivity contribution < 1.29 is 4.79 Å². The first-order valence-electron chi connectivity index (χ1n) is 8.79. The molecule has 0 aliphatic heterocycles. The first kappa shape index (κ1) is 17.0. The van der Waals surface area contributed by atoms with E-state index in [9.17, 15) is 4.79 Å². The summed E-state index contributed by atoms with van der Waals surface area (Å²) in [5.41, 5.74) is 2.91. The van der Waals surface area contributed by atoms with Crippen molar-refractivity contribution in [3.8, 4) is 0 Å². The summed E-state index contributed by atoms with van der Waals surface area (Å²) in [4.78, 5) is 16.5. The lowest BCUT2D eigenvalue weighted by Crippen LogP contribution is -2.12. The van der Waals surface area contributed by atoms with Crippen molar-refractivity contribution in [2.75, 3.05) is 5.32 Å². The van der Waals surface area contributed by atoms with Gasteiger partial charge < -0.3 is 5.32 Å². The van der Waals surface area contributed by atoms with Crippen molar-refractivity contribution in [1.82, 2.24) is 24.5 Å². The maximum atomic E-state index is 12.3. The van der Waals surface area contributed by atoms with Crippen LogP contribution in [0.2, 0.25) is 0 Å². The van der Waals surface area contributed by atoms with Gasteiger partial charge in [-0.1, -0.05) is 18.2 Å². The van der Waals surface area contributed by atoms with Gasteiger partial charge in [0.1, 0.15) is 0 Å². The standard InChI is InChI=1S/C20H20N6O/c1-25-12-15(9-22-25)13-26-14-18(11-23-26)24-20(27)6-5-16-3-2-4-17-10-21-8-7-19(16)17/h2-4,7-12,14H,5-6,13H2,1H3,(H,24,27). The minimum Gasteiger partial charge on any atom is -0.323 e. The Balaban J connectivity index is 1.35. The number of benzene rings is 1. The highest BCUT2D eigenvalue weighted by Gasteiger charge is 2.08. The van der Waals surface area contributed by atoms with E-state index in [2.05, 4.69) is 26.6 Å². The highest BCUT2D eigenvalue weighted by Crippen LogP contribution is 2.19. The average molecular weight is 360 g/mol. The van der Waals surface area contributed by atoms with E-state index in [1.54, 1.807) is 28.0 Å². The van der Waals surface area contributed by atoms with Crippen molar-refractivity contribution in [2.24, 2.45) is 7.05 Å². The molecular weight excluding hydrogens is 340 g/mol. The predicted octanol–water partition coefficient (Wildman–Crippen LogP) is 2.78. The summed E-state index contributed by atoms with van der Waals surface area (Å²) in [6.45, 7) is 0.619. The number of carbonyl (C=O) groups excluding carboxylic acids is 1. The van der Waals surface area contributed by atoms with Gasteiger partial charge in [-0.05, 0) is 23.4 Å². The van der Waals surface area contributed by atoms with E-state index in [-0.39, 0.29) is 5.91 Å². The third-order valence-electron chi connectivity index (χ3n) is 4.41. The Labute approximate surface area is 156 Å². The number of carbonyl (C=O) groups is 1. The van der Waals surface area contributed by atoms with E-state index in [1.807, 2.05) is 43.8 Å². The molecule has 1 N–H and O–H groups in total. The number of aryl methyl sites for hydroxylation is 2. The molecule has 27 heavy (non-hydrogen) atoms. The zero-order valence-corrected chi connectivity index (χ0v) is 15.0. The van der Waals surface area contributed by atoms with Crippen molar-refractivity contribution in [1.29, 1.82) is 0 Å². The first-order chi connectivity index (χ1) is 13.2. The fourth-order valence-corrected chi connectivity index (χ4v) is 3.13. The van der Waals surface area contributed by atoms with Gasteiger partial charge in [-0.25, -0.2) is 0 Å². The van der Waals surface area contributed by atoms with Gasteiger partial charge in [0.15, 0.2) is 0 Å². The molecule has 3 aromatic heterocycles. The van der Waals surface area contributed by atoms with Crippen LogP contribution in [0.5, 0.6) is 0 Å². The molecule has 7 heteroatoms. The smallest absolute Gasteiger partial charge is 0.224 e. The summed E-state index contributed by atoms with van der Waals surface area (Å²) in [6.07, 6.45) is 12.0. The maximum absolute atomic E-state index is 12.3. The predicted molar refractivity (Wildman–Crippen MR) is 103 cm³/mol. The molecule has 136 valence electrons. The zero-order valence-electron chi connectivity index (χ0n) is 15.0. The topological polar surface area (TPSA) is 77.6 Å². The second kappa shape index (κ2) is 7.41. The fourth-order valence-electron chi connectivity index (χ4n) is 3.13. The molecule has 4 rings (SSSR count). The monoisotopic (exact) mass is 360 g/mol. The molecule has 0 saturated carbocycles. The molecule has 0 aliphatic carbocycles. The summed E-state index contributed by atoms with van der Waals surface area (Å²) in [7, 11) is 1.88. The van der Waals surface area contributed by atoms with Crippen molar-refractivity contribution in [3.63, 3.8) is 0 Å². The van der Waals surface area contributed by atoms with Crippen LogP contribution in [0, 0.1) is 0 Å². The first-order valence-corrected chi connectivity index (χ1v) is 8.79. The molecule has 7 nitrogen and oxygen atoms in total. The van der Waals surface area contributed by atoms with Gasteiger partial charge >= 0.3 is 0 Å². The molecule has 1 aromatic carbocycles. The van der Waals surface area contributed by atoms with E-state index in [1.165, 1.54) is 0 Å². The molecule has 1 amide bonds. The van der Waals surface area contributed by atoms with E-state index in [0.29, 0.717) is 25.1 Å². The zero-order chi connectivity index (χ0) is 18.6. The van der Waals surface area contributed by atoms with Crippen LogP contribution in [0.1, 0.15) is 17.5 Å². The Morgan fingerprint density at radius 2 is 2.04 bits per heavy atom. The Morgan fingerprint density at radius 1 is 1.11 bits per heavy atom. The number of nitrogens with zero attached hydrogens (tertiary/aromatic N) is 5. The number of nitrogens with one attached hydrogen (secondary N) is 1. The lowest BCUT2D eigenvalue weighted by Gasteiger charge is -2.06. The number of aromatic nitrogens is 5. The van der Waals surface area contributed by atoms with Crippen LogP contribution in [0.25, 0.3) is 10.8 Å². The van der Waals surface area contributed by atoms with Crippen LogP contribution in [0.15, 0.2) is 61.4 Å². The van der Waals surface area contributed by atoms with Crippen LogP contribution in [-0.4, -0.2) is 30.5 Å². The molecule has 4 aromatic rings. The molecule has 0 aliphatic rings. The van der Waals surface area contributed by atoms with Crippen LogP contribution in [0.3, 0.4) is 0 Å². The number of fused-ring (bicyclic) bond motifs is 1. The molecule has 0 unspecified atom stereocenters. The maximum Gasteiger partial charge on any atom is 0.224 e. The summed E-state index contributed by atoms with van der Waals surface area (Å²) >= 11 is 0. The normalized spacial score (nSPS) is 11.0. The van der Waals surface area contributed by atoms with Gasteiger partial charge in [0.2, 0.25) is 5.91 Å². The van der Waals surface area contributed by atoms with Gasteiger partial charge in [-0.15, -0.1) is 0 Å². The van der Waals surface area contributed by atoms with E-state index in [0.717, 1.165) is 21.9 Å². The summed E-state index contributed by atoms with van der Waals surface area (Å²) < 4.78 is 3.54. The molecule has 3 heterocycles. The van der Waals surface area contributed by atoms with Gasteiger partial charge in [0.05, 0.1) is 24.6 Å². The minimum absolute atomic E-state index is 0.0259. The molecule has 0 fully saturated rings. The van der Waals surface area contributed by atoms with Crippen LogP contribution < -0.4 is 5.32 Å². The number of rotatable bonds is 6. The van der Waals surface area contributed by atoms with Gasteiger partial charge in [0.25, 0.3) is 0 Å². The lowest BCUT2D eigenvalue weighted by molar-refractivity contribution is -0.116. The fraction of sp³-hybridized carbons (Fsp3) is 0.200. The SMILES string of the molecule is Cn1cc(Cn2cc(NC(=O)CCc3cccc4cnccc34)cn2)cn1. The number of hydrogen-bond acceptors (Lipinski definition) is 4. The Hall–Kier alpha value is -3.48. The second-order valence-corrected chi connectivity index (χ2v) is 6.51. The van der Waals surface area contributed by atoms with Crippen molar-refractivity contribution in [3.05, 3.63) is 72.6 Å². The van der Waals surface area contributed by atoms with Crippen LogP contribution in [0.4, 0.5) is 5.69 Å². The van der Waals surface area contributed by atoms with Crippen molar-refractivity contribution in [2.45, 2.75) is 19.4 Å². The number of hydrogen-bond donors (Lipinski definition) is 1. The van der Waals surface area contributed by atoms with Gasteiger partial charge in [-0.2, -0.15) is 10.2 Å². The third kappa shape index (κ3) is 4.03. The quantitative estimate of drug-likeness (QED) is 0.573. The average Bonchev–Trinajstić information content (AvgIpc) is 3.29. The van der Waals surface area contributed by atoms with Gasteiger partial charge in [0, 0.05) is 49.2 Å². The number of pyridine rings is 1. The molecule has 0 bridgehead atoms. The molecule has 0 atom stereocenters. The molecular formula is C20H20N6O. The minimum atomic E-state index is -0.0259. The molecule has 0 saturated heterocycles. The molecule has 0 radical (unpaired) electrons. The Kier molecular flexibility index (Phi) is 4.65. The van der Waals surface area contributed by atoms with E-state index < -0.39 is 0 Å². The second-order valence-electron chi connectivity index (χ2n) is 6.51. The largest absolute Gasteiger partial charge is 0.323 e. The summed E-state index contributed by atoms with van der Waals surface area (Å²) in [5.74, 6) is -0.0259. The highest BCUT2D eigenvalue weighted by molar-refractivity contribution is 5.91. The van der Waals surface area contributed by atoms with E-state index in [4.69, 9.17) is 0 Å². The van der Waals surface area contributed by atoms with Crippen LogP contribution in [-0.2, 0) is 24.8 Å². The number of amides is 1. The lowest BCUT2D eigenvalue weighted by atomic mass is 10.0. The Morgan fingerprint density at radius 3 is 2.89 bits per heavy atom. The third-order valence-corrected chi connectivity index (χ3v) is 4.41. The highest BCUT2D eigenvalue weighted by atomic mass is 16.1. The summed E-state index contributed by atoms with van der Waals surface area (Å²) in [6, 6.07) is 8.08.